The molecule has 1 atom stereocenters. The third kappa shape index (κ3) is 8.12. The summed E-state index contributed by atoms with van der Waals surface area (Å²) in [5.74, 6) is -0.781. The van der Waals surface area contributed by atoms with E-state index in [0.29, 0.717) is 16.3 Å². The lowest BCUT2D eigenvalue weighted by Crippen LogP contribution is -2.54. The van der Waals surface area contributed by atoms with Gasteiger partial charge in [-0.15, -0.1) is 0 Å². The van der Waals surface area contributed by atoms with Crippen molar-refractivity contribution in [1.29, 1.82) is 0 Å². The zero-order valence-corrected chi connectivity index (χ0v) is 26.9. The number of amides is 2. The molecule has 45 heavy (non-hydrogen) atoms. The molecule has 234 valence electrons. The van der Waals surface area contributed by atoms with Crippen molar-refractivity contribution in [1.82, 2.24) is 10.2 Å². The number of sulfonamides is 1. The van der Waals surface area contributed by atoms with E-state index in [4.69, 9.17) is 11.6 Å². The average molecular weight is 644 g/mol. The molecule has 0 heterocycles. The Labute approximate surface area is 270 Å². The molecule has 0 spiro atoms. The summed E-state index contributed by atoms with van der Waals surface area (Å²) in [5, 5.41) is 3.64. The number of nitrogens with one attached hydrogen (secondary N) is 1. The number of aryl methyl sites for hydroxylation is 1. The third-order valence-corrected chi connectivity index (χ3v) is 10.4. The van der Waals surface area contributed by atoms with E-state index in [0.717, 1.165) is 41.1 Å². The minimum atomic E-state index is -4.14. The fraction of sp³-hybridized carbons (Fsp3) is 0.278. The van der Waals surface area contributed by atoms with Crippen LogP contribution < -0.4 is 9.62 Å². The summed E-state index contributed by atoms with van der Waals surface area (Å²) in [4.78, 5) is 30.2. The zero-order chi connectivity index (χ0) is 31.8. The van der Waals surface area contributed by atoms with Gasteiger partial charge in [0.15, 0.2) is 0 Å². The Morgan fingerprint density at radius 3 is 2.09 bits per heavy atom. The van der Waals surface area contributed by atoms with Gasteiger partial charge in [-0.3, -0.25) is 13.9 Å². The molecule has 0 aliphatic heterocycles. The van der Waals surface area contributed by atoms with E-state index in [1.807, 2.05) is 61.5 Å². The summed E-state index contributed by atoms with van der Waals surface area (Å²) in [6, 6.07) is 30.9. The van der Waals surface area contributed by atoms with Gasteiger partial charge in [0.2, 0.25) is 11.8 Å². The largest absolute Gasteiger partial charge is 0.352 e. The van der Waals surface area contributed by atoms with Crippen LogP contribution in [0.3, 0.4) is 0 Å². The van der Waals surface area contributed by atoms with Gasteiger partial charge >= 0.3 is 0 Å². The van der Waals surface area contributed by atoms with E-state index >= 15 is 0 Å². The fourth-order valence-electron chi connectivity index (χ4n) is 5.69. The molecular formula is C36H38ClN3O4S. The zero-order valence-electron chi connectivity index (χ0n) is 25.3. The highest BCUT2D eigenvalue weighted by Gasteiger charge is 2.35. The molecule has 0 saturated heterocycles. The summed E-state index contributed by atoms with van der Waals surface area (Å²) >= 11 is 6.58. The number of halogens is 1. The molecule has 1 fully saturated rings. The van der Waals surface area contributed by atoms with Gasteiger partial charge in [0.05, 0.1) is 10.6 Å². The number of benzene rings is 4. The lowest BCUT2D eigenvalue weighted by Gasteiger charge is -2.34. The molecule has 9 heteroatoms. The van der Waals surface area contributed by atoms with E-state index in [-0.39, 0.29) is 29.8 Å². The molecule has 7 nitrogen and oxygen atoms in total. The van der Waals surface area contributed by atoms with Crippen LogP contribution in [0.4, 0.5) is 5.69 Å². The van der Waals surface area contributed by atoms with Crippen LogP contribution in [0.15, 0.2) is 114 Å². The molecular weight excluding hydrogens is 606 g/mol. The molecule has 4 aromatic rings. The molecule has 0 bridgehead atoms. The van der Waals surface area contributed by atoms with E-state index in [1.54, 1.807) is 42.5 Å². The van der Waals surface area contributed by atoms with Crippen LogP contribution in [0.1, 0.15) is 42.4 Å². The van der Waals surface area contributed by atoms with Crippen molar-refractivity contribution in [2.75, 3.05) is 10.8 Å². The Balaban J connectivity index is 1.56. The van der Waals surface area contributed by atoms with Gasteiger partial charge < -0.3 is 10.2 Å². The predicted octanol–water partition coefficient (Wildman–Crippen LogP) is 6.54. The van der Waals surface area contributed by atoms with Gasteiger partial charge in [0.25, 0.3) is 10.0 Å². The molecule has 0 radical (unpaired) electrons. The van der Waals surface area contributed by atoms with Crippen molar-refractivity contribution in [3.05, 3.63) is 131 Å². The Morgan fingerprint density at radius 1 is 0.844 bits per heavy atom. The van der Waals surface area contributed by atoms with Crippen LogP contribution in [0.25, 0.3) is 0 Å². The van der Waals surface area contributed by atoms with Gasteiger partial charge in [-0.25, -0.2) is 8.42 Å². The van der Waals surface area contributed by atoms with E-state index < -0.39 is 28.5 Å². The van der Waals surface area contributed by atoms with Crippen LogP contribution in [-0.2, 0) is 32.6 Å². The van der Waals surface area contributed by atoms with E-state index in [2.05, 4.69) is 5.32 Å². The number of hydrogen-bond donors (Lipinski definition) is 1. The first-order valence-corrected chi connectivity index (χ1v) is 17.1. The number of rotatable bonds is 12. The van der Waals surface area contributed by atoms with Crippen molar-refractivity contribution in [2.24, 2.45) is 0 Å². The van der Waals surface area contributed by atoms with Crippen LogP contribution >= 0.6 is 11.6 Å². The monoisotopic (exact) mass is 643 g/mol. The van der Waals surface area contributed by atoms with Crippen molar-refractivity contribution < 1.29 is 18.0 Å². The normalized spacial score (nSPS) is 14.1. The summed E-state index contributed by atoms with van der Waals surface area (Å²) < 4.78 is 29.3. The van der Waals surface area contributed by atoms with Crippen LogP contribution in [0.5, 0.6) is 0 Å². The molecule has 4 aromatic carbocycles. The second-order valence-electron chi connectivity index (χ2n) is 11.5. The highest BCUT2D eigenvalue weighted by molar-refractivity contribution is 7.92. The summed E-state index contributed by atoms with van der Waals surface area (Å²) in [6.45, 7) is 1.43. The first-order chi connectivity index (χ1) is 21.7. The van der Waals surface area contributed by atoms with Gasteiger partial charge in [-0.1, -0.05) is 109 Å². The van der Waals surface area contributed by atoms with Crippen molar-refractivity contribution >= 4 is 39.1 Å². The molecule has 1 saturated carbocycles. The number of anilines is 1. The molecule has 0 unspecified atom stereocenters. The maximum absolute atomic E-state index is 14.6. The molecule has 0 aromatic heterocycles. The highest BCUT2D eigenvalue weighted by Crippen LogP contribution is 2.27. The van der Waals surface area contributed by atoms with Gasteiger partial charge in [0.1, 0.15) is 12.6 Å². The van der Waals surface area contributed by atoms with E-state index in [9.17, 15) is 18.0 Å². The molecule has 2 amide bonds. The summed E-state index contributed by atoms with van der Waals surface area (Å²) in [6.07, 6.45) is 4.11. The maximum Gasteiger partial charge on any atom is 0.264 e. The van der Waals surface area contributed by atoms with Crippen LogP contribution in [0, 0.1) is 6.92 Å². The van der Waals surface area contributed by atoms with E-state index in [1.165, 1.54) is 17.0 Å². The van der Waals surface area contributed by atoms with Crippen LogP contribution in [0.2, 0.25) is 5.02 Å². The lowest BCUT2D eigenvalue weighted by molar-refractivity contribution is -0.140. The first kappa shape index (κ1) is 32.3. The minimum Gasteiger partial charge on any atom is -0.352 e. The number of carbonyl (C=O) groups is 2. The minimum absolute atomic E-state index is 0.0290. The van der Waals surface area contributed by atoms with Gasteiger partial charge in [-0.05, 0) is 61.2 Å². The predicted molar refractivity (Wildman–Crippen MR) is 178 cm³/mol. The quantitative estimate of drug-likeness (QED) is 0.190. The maximum atomic E-state index is 14.6. The fourth-order valence-corrected chi connectivity index (χ4v) is 7.32. The third-order valence-electron chi connectivity index (χ3n) is 8.20. The smallest absolute Gasteiger partial charge is 0.264 e. The molecule has 1 N–H and O–H groups in total. The Morgan fingerprint density at radius 2 is 1.44 bits per heavy atom. The van der Waals surface area contributed by atoms with Crippen molar-refractivity contribution in [3.63, 3.8) is 0 Å². The second-order valence-corrected chi connectivity index (χ2v) is 13.7. The Bertz CT molecular complexity index is 1690. The topological polar surface area (TPSA) is 86.8 Å². The number of nitrogens with zero attached hydrogens (tertiary/aromatic N) is 2. The summed E-state index contributed by atoms with van der Waals surface area (Å²) in [7, 11) is -4.14. The average Bonchev–Trinajstić information content (AvgIpc) is 3.56. The van der Waals surface area contributed by atoms with Gasteiger partial charge in [0, 0.05) is 24.0 Å². The second kappa shape index (κ2) is 14.8. The Hall–Kier alpha value is -4.14. The van der Waals surface area contributed by atoms with Crippen LogP contribution in [-0.4, -0.2) is 43.8 Å². The highest BCUT2D eigenvalue weighted by atomic mass is 35.5. The number of carbonyl (C=O) groups excluding carboxylic acids is 2. The van der Waals surface area contributed by atoms with Crippen molar-refractivity contribution in [2.45, 2.75) is 62.6 Å². The molecule has 5 rings (SSSR count). The van der Waals surface area contributed by atoms with Gasteiger partial charge in [-0.2, -0.15) is 0 Å². The standard InChI is InChI=1S/C36H38ClN3O4S/c1-27-20-22-31(23-21-27)40(45(43,44)32-17-6-3-7-18-32)26-35(41)39(25-29-14-8-11-19-33(29)37)34(24-28-12-4-2-5-13-28)36(42)38-30-15-9-10-16-30/h2-8,11-14,17-23,30,34H,9-10,15-16,24-26H2,1H3,(H,38,42)/t34-/m0/s1. The number of hydrogen-bond acceptors (Lipinski definition) is 4. The lowest BCUT2D eigenvalue weighted by atomic mass is 10.0. The van der Waals surface area contributed by atoms with Crippen molar-refractivity contribution in [3.8, 4) is 0 Å². The SMILES string of the molecule is Cc1ccc(N(CC(=O)N(Cc2ccccc2Cl)[C@@H](Cc2ccccc2)C(=O)NC2CCCC2)S(=O)(=O)c2ccccc2)cc1. The first-order valence-electron chi connectivity index (χ1n) is 15.2. The Kier molecular flexibility index (Phi) is 10.6. The summed E-state index contributed by atoms with van der Waals surface area (Å²) in [5.41, 5.74) is 2.85. The molecule has 1 aliphatic carbocycles. The molecule has 1 aliphatic rings.